The van der Waals surface area contributed by atoms with Gasteiger partial charge >= 0.3 is 0 Å². The van der Waals surface area contributed by atoms with Gasteiger partial charge in [-0.25, -0.2) is 4.39 Å². The number of halogens is 1. The summed E-state index contributed by atoms with van der Waals surface area (Å²) >= 11 is 0. The summed E-state index contributed by atoms with van der Waals surface area (Å²) in [6, 6.07) is 14.4. The van der Waals surface area contributed by atoms with Gasteiger partial charge in [-0.15, -0.1) is 0 Å². The predicted molar refractivity (Wildman–Crippen MR) is 84.5 cm³/mol. The molecule has 0 bridgehead atoms. The molecule has 2 rings (SSSR count). The molecule has 0 spiro atoms. The number of ether oxygens (including phenoxy) is 1. The van der Waals surface area contributed by atoms with Gasteiger partial charge in [-0.3, -0.25) is 0 Å². The summed E-state index contributed by atoms with van der Waals surface area (Å²) < 4.78 is 19.6. The second kappa shape index (κ2) is 7.09. The summed E-state index contributed by atoms with van der Waals surface area (Å²) in [7, 11) is 5.76. The fourth-order valence-corrected chi connectivity index (χ4v) is 2.12. The third-order valence-corrected chi connectivity index (χ3v) is 3.38. The first kappa shape index (κ1) is 15.3. The molecule has 2 aromatic carbocycles. The van der Waals surface area contributed by atoms with Crippen molar-refractivity contribution in [2.45, 2.75) is 6.04 Å². The molecule has 0 saturated heterocycles. The lowest BCUT2D eigenvalue weighted by atomic mass is 10.1. The van der Waals surface area contributed by atoms with E-state index in [-0.39, 0.29) is 11.9 Å². The first-order valence-corrected chi connectivity index (χ1v) is 6.93. The molecule has 1 atom stereocenters. The standard InChI is InChI=1S/C17H21FN2O/c1-19-17(15-9-4-5-10-16(15)18)12-21-14-8-6-7-13(11-14)20(2)3/h4-11,17,19H,12H2,1-3H3. The van der Waals surface area contributed by atoms with Crippen LogP contribution < -0.4 is 15.0 Å². The second-order valence-electron chi connectivity index (χ2n) is 5.07. The van der Waals surface area contributed by atoms with Crippen LogP contribution >= 0.6 is 0 Å². The van der Waals surface area contributed by atoms with Crippen molar-refractivity contribution < 1.29 is 9.13 Å². The lowest BCUT2D eigenvalue weighted by Crippen LogP contribution is -2.24. The fourth-order valence-electron chi connectivity index (χ4n) is 2.12. The highest BCUT2D eigenvalue weighted by Gasteiger charge is 2.14. The van der Waals surface area contributed by atoms with Crippen LogP contribution in [0.2, 0.25) is 0 Å². The van der Waals surface area contributed by atoms with Crippen LogP contribution in [0.4, 0.5) is 10.1 Å². The van der Waals surface area contributed by atoms with E-state index in [2.05, 4.69) is 5.32 Å². The highest BCUT2D eigenvalue weighted by Crippen LogP contribution is 2.22. The van der Waals surface area contributed by atoms with E-state index >= 15 is 0 Å². The predicted octanol–water partition coefficient (Wildman–Crippen LogP) is 3.23. The van der Waals surface area contributed by atoms with E-state index in [1.54, 1.807) is 19.2 Å². The van der Waals surface area contributed by atoms with Crippen molar-refractivity contribution in [2.75, 3.05) is 32.6 Å². The van der Waals surface area contributed by atoms with E-state index < -0.39 is 0 Å². The van der Waals surface area contributed by atoms with Crippen LogP contribution in [0.1, 0.15) is 11.6 Å². The second-order valence-corrected chi connectivity index (χ2v) is 5.07. The van der Waals surface area contributed by atoms with Crippen LogP contribution in [0, 0.1) is 5.82 Å². The fraction of sp³-hybridized carbons (Fsp3) is 0.294. The Hall–Kier alpha value is -2.07. The van der Waals surface area contributed by atoms with Crippen LogP contribution in [0.5, 0.6) is 5.75 Å². The Morgan fingerprint density at radius 1 is 1.14 bits per heavy atom. The van der Waals surface area contributed by atoms with Gasteiger partial charge in [-0.2, -0.15) is 0 Å². The lowest BCUT2D eigenvalue weighted by molar-refractivity contribution is 0.270. The number of nitrogens with zero attached hydrogens (tertiary/aromatic N) is 1. The zero-order valence-electron chi connectivity index (χ0n) is 12.6. The van der Waals surface area contributed by atoms with E-state index in [1.165, 1.54) is 6.07 Å². The van der Waals surface area contributed by atoms with Gasteiger partial charge in [-0.1, -0.05) is 24.3 Å². The Bertz CT molecular complexity index is 587. The minimum atomic E-state index is -0.220. The smallest absolute Gasteiger partial charge is 0.128 e. The highest BCUT2D eigenvalue weighted by molar-refractivity contribution is 5.49. The van der Waals surface area contributed by atoms with Crippen molar-refractivity contribution in [1.29, 1.82) is 0 Å². The summed E-state index contributed by atoms with van der Waals surface area (Å²) in [6.45, 7) is 0.369. The third kappa shape index (κ3) is 3.95. The van der Waals surface area contributed by atoms with E-state index in [9.17, 15) is 4.39 Å². The zero-order valence-corrected chi connectivity index (χ0v) is 12.6. The number of hydrogen-bond acceptors (Lipinski definition) is 3. The SMILES string of the molecule is CNC(COc1cccc(N(C)C)c1)c1ccccc1F. The van der Waals surface area contributed by atoms with Crippen LogP contribution in [0.25, 0.3) is 0 Å². The van der Waals surface area contributed by atoms with Gasteiger partial charge in [0.15, 0.2) is 0 Å². The van der Waals surface area contributed by atoms with Gasteiger partial charge in [0.2, 0.25) is 0 Å². The third-order valence-electron chi connectivity index (χ3n) is 3.38. The minimum Gasteiger partial charge on any atom is -0.492 e. The quantitative estimate of drug-likeness (QED) is 0.883. The molecular formula is C17H21FN2O. The summed E-state index contributed by atoms with van der Waals surface area (Å²) in [6.07, 6.45) is 0. The maximum Gasteiger partial charge on any atom is 0.128 e. The van der Waals surface area contributed by atoms with Crippen molar-refractivity contribution in [2.24, 2.45) is 0 Å². The molecule has 1 unspecified atom stereocenters. The topological polar surface area (TPSA) is 24.5 Å². The molecule has 0 amide bonds. The van der Waals surface area contributed by atoms with Gasteiger partial charge in [0, 0.05) is 31.4 Å². The highest BCUT2D eigenvalue weighted by atomic mass is 19.1. The number of nitrogens with one attached hydrogen (secondary N) is 1. The van der Waals surface area contributed by atoms with Crippen LogP contribution in [-0.2, 0) is 0 Å². The summed E-state index contributed by atoms with van der Waals surface area (Å²) in [5.41, 5.74) is 1.68. The number of hydrogen-bond donors (Lipinski definition) is 1. The Balaban J connectivity index is 2.07. The van der Waals surface area contributed by atoms with Gasteiger partial charge in [0.05, 0.1) is 6.04 Å². The molecule has 112 valence electrons. The number of likely N-dealkylation sites (N-methyl/N-ethyl adjacent to an activating group) is 1. The number of benzene rings is 2. The molecule has 0 aromatic heterocycles. The van der Waals surface area contributed by atoms with E-state index in [0.717, 1.165) is 11.4 Å². The molecule has 0 fully saturated rings. The lowest BCUT2D eigenvalue weighted by Gasteiger charge is -2.19. The number of rotatable bonds is 6. The minimum absolute atomic E-state index is 0.186. The molecule has 3 nitrogen and oxygen atoms in total. The summed E-state index contributed by atoms with van der Waals surface area (Å²) in [4.78, 5) is 2.01. The van der Waals surface area contributed by atoms with Gasteiger partial charge < -0.3 is 15.0 Å². The molecule has 4 heteroatoms. The zero-order chi connectivity index (χ0) is 15.2. The van der Waals surface area contributed by atoms with Crippen LogP contribution in [0.3, 0.4) is 0 Å². The monoisotopic (exact) mass is 288 g/mol. The van der Waals surface area contributed by atoms with Crippen LogP contribution in [-0.4, -0.2) is 27.7 Å². The van der Waals surface area contributed by atoms with Crippen molar-refractivity contribution in [3.63, 3.8) is 0 Å². The maximum absolute atomic E-state index is 13.8. The van der Waals surface area contributed by atoms with Crippen molar-refractivity contribution in [1.82, 2.24) is 5.32 Å². The molecule has 0 aliphatic rings. The van der Waals surface area contributed by atoms with E-state index in [1.807, 2.05) is 49.3 Å². The maximum atomic E-state index is 13.8. The molecule has 0 radical (unpaired) electrons. The molecule has 0 aliphatic heterocycles. The van der Waals surface area contributed by atoms with Gasteiger partial charge in [-0.05, 0) is 25.2 Å². The summed E-state index contributed by atoms with van der Waals surface area (Å²) in [5.74, 6) is 0.556. The van der Waals surface area contributed by atoms with Crippen molar-refractivity contribution in [3.8, 4) is 5.75 Å². The molecule has 2 aromatic rings. The normalized spacial score (nSPS) is 12.0. The van der Waals surface area contributed by atoms with E-state index in [0.29, 0.717) is 12.2 Å². The molecule has 1 N–H and O–H groups in total. The Kier molecular flexibility index (Phi) is 5.17. The Labute approximate surface area is 125 Å². The Morgan fingerprint density at radius 2 is 1.90 bits per heavy atom. The molecule has 0 aliphatic carbocycles. The molecule has 0 saturated carbocycles. The average Bonchev–Trinajstić information content (AvgIpc) is 2.50. The number of anilines is 1. The van der Waals surface area contributed by atoms with Gasteiger partial charge in [0.1, 0.15) is 18.2 Å². The Morgan fingerprint density at radius 3 is 2.57 bits per heavy atom. The van der Waals surface area contributed by atoms with Gasteiger partial charge in [0.25, 0.3) is 0 Å². The van der Waals surface area contributed by atoms with Crippen molar-refractivity contribution >= 4 is 5.69 Å². The largest absolute Gasteiger partial charge is 0.492 e. The van der Waals surface area contributed by atoms with E-state index in [4.69, 9.17) is 4.74 Å². The van der Waals surface area contributed by atoms with Crippen molar-refractivity contribution in [3.05, 3.63) is 59.9 Å². The first-order chi connectivity index (χ1) is 10.1. The summed E-state index contributed by atoms with van der Waals surface area (Å²) in [5, 5.41) is 3.09. The molecule has 21 heavy (non-hydrogen) atoms. The first-order valence-electron chi connectivity index (χ1n) is 6.93. The molecule has 0 heterocycles. The molecular weight excluding hydrogens is 267 g/mol. The van der Waals surface area contributed by atoms with Crippen LogP contribution in [0.15, 0.2) is 48.5 Å². The average molecular weight is 288 g/mol.